The number of carbonyl (C=O) groups excluding carboxylic acids is 1. The van der Waals surface area contributed by atoms with Crippen LogP contribution in [0.5, 0.6) is 11.5 Å². The largest absolute Gasteiger partial charge is 0.457 e. The van der Waals surface area contributed by atoms with Gasteiger partial charge in [-0.05, 0) is 49.6 Å². The Labute approximate surface area is 228 Å². The maximum atomic E-state index is 15.3. The van der Waals surface area contributed by atoms with Crippen LogP contribution in [-0.2, 0) is 4.79 Å². The smallest absolute Gasteiger partial charge is 0.246 e. The first-order valence-corrected chi connectivity index (χ1v) is 12.6. The lowest BCUT2D eigenvalue weighted by molar-refractivity contribution is -0.127. The van der Waals surface area contributed by atoms with Gasteiger partial charge in [0, 0.05) is 30.9 Å². The number of benzene rings is 1. The summed E-state index contributed by atoms with van der Waals surface area (Å²) in [6.07, 6.45) is 10.0. The van der Waals surface area contributed by atoms with Crippen LogP contribution in [0.15, 0.2) is 68.0 Å². The van der Waals surface area contributed by atoms with Crippen LogP contribution >= 0.6 is 0 Å². The molecule has 40 heavy (non-hydrogen) atoms. The Hall–Kier alpha value is -5.26. The van der Waals surface area contributed by atoms with Crippen LogP contribution in [0, 0.1) is 12.7 Å². The van der Waals surface area contributed by atoms with Gasteiger partial charge in [0.2, 0.25) is 5.91 Å². The minimum absolute atomic E-state index is 0.118. The van der Waals surface area contributed by atoms with Crippen molar-refractivity contribution in [1.29, 1.82) is 0 Å². The molecule has 12 heteroatoms. The summed E-state index contributed by atoms with van der Waals surface area (Å²) in [5.41, 5.74) is 3.40. The number of rotatable bonds is 6. The molecule has 1 aliphatic heterocycles. The van der Waals surface area contributed by atoms with Gasteiger partial charge in [0.1, 0.15) is 41.0 Å². The predicted octanol–water partition coefficient (Wildman–Crippen LogP) is 4.64. The molecule has 1 N–H and O–H groups in total. The van der Waals surface area contributed by atoms with Crippen molar-refractivity contribution in [3.8, 4) is 11.5 Å². The van der Waals surface area contributed by atoms with Crippen molar-refractivity contribution in [2.45, 2.75) is 26.3 Å². The number of fused-ring (bicyclic) bond motifs is 2. The first-order chi connectivity index (χ1) is 19.4. The fourth-order valence-electron chi connectivity index (χ4n) is 4.61. The minimum Gasteiger partial charge on any atom is -0.457 e. The normalized spacial score (nSPS) is 15.2. The lowest BCUT2D eigenvalue weighted by Gasteiger charge is -2.31. The molecule has 0 saturated carbocycles. The topological polar surface area (TPSA) is 123 Å². The summed E-state index contributed by atoms with van der Waals surface area (Å²) in [4.78, 5) is 35.8. The number of aryl methyl sites for hydroxylation is 1. The third-order valence-corrected chi connectivity index (χ3v) is 6.68. The number of hydrogen-bond acceptors (Lipinski definition) is 9. The number of ether oxygens (including phenoxy) is 1. The summed E-state index contributed by atoms with van der Waals surface area (Å²) in [5, 5.41) is 7.12. The molecule has 0 bridgehead atoms. The molecule has 1 atom stereocenters. The van der Waals surface area contributed by atoms with Crippen molar-refractivity contribution in [1.82, 2.24) is 39.4 Å². The van der Waals surface area contributed by atoms with E-state index >= 15 is 4.39 Å². The third-order valence-electron chi connectivity index (χ3n) is 6.68. The van der Waals surface area contributed by atoms with Crippen molar-refractivity contribution in [3.05, 3.63) is 85.2 Å². The van der Waals surface area contributed by atoms with Crippen LogP contribution in [0.3, 0.4) is 0 Å². The highest BCUT2D eigenvalue weighted by Gasteiger charge is 2.23. The fourth-order valence-corrected chi connectivity index (χ4v) is 4.61. The summed E-state index contributed by atoms with van der Waals surface area (Å²) in [5.74, 6) is 1.08. The Balaban J connectivity index is 1.28. The molecular weight excluding hydrogens is 513 g/mol. The molecule has 11 nitrogen and oxygen atoms in total. The van der Waals surface area contributed by atoms with Crippen LogP contribution in [-0.4, -0.2) is 57.9 Å². The lowest BCUT2D eigenvalue weighted by atomic mass is 10.0. The Morgan fingerprint density at radius 1 is 1.20 bits per heavy atom. The second kappa shape index (κ2) is 10.1. The molecule has 0 aliphatic carbocycles. The van der Waals surface area contributed by atoms with Gasteiger partial charge in [-0.25, -0.2) is 33.8 Å². The number of carbonyl (C=O) groups is 1. The first-order valence-electron chi connectivity index (χ1n) is 12.6. The molecule has 0 radical (unpaired) electrons. The second-order valence-corrected chi connectivity index (χ2v) is 9.32. The molecule has 6 rings (SSSR count). The van der Waals surface area contributed by atoms with Gasteiger partial charge in [-0.1, -0.05) is 12.7 Å². The monoisotopic (exact) mass is 537 g/mol. The highest BCUT2D eigenvalue weighted by atomic mass is 19.1. The molecule has 0 saturated heterocycles. The van der Waals surface area contributed by atoms with Gasteiger partial charge in [0.05, 0.1) is 11.9 Å². The Bertz CT molecular complexity index is 1820. The van der Waals surface area contributed by atoms with Crippen molar-refractivity contribution < 1.29 is 13.9 Å². The van der Waals surface area contributed by atoms with Gasteiger partial charge in [0.15, 0.2) is 17.3 Å². The summed E-state index contributed by atoms with van der Waals surface area (Å²) in [6.45, 7) is 7.86. The highest BCUT2D eigenvalue weighted by molar-refractivity contribution is 5.89. The van der Waals surface area contributed by atoms with E-state index in [1.54, 1.807) is 40.0 Å². The summed E-state index contributed by atoms with van der Waals surface area (Å²) < 4.78 is 22.8. The number of nitrogens with zero attached hydrogens (tertiary/aromatic N) is 8. The molecule has 0 unspecified atom stereocenters. The van der Waals surface area contributed by atoms with Gasteiger partial charge in [-0.3, -0.25) is 4.79 Å². The number of amides is 1. The van der Waals surface area contributed by atoms with Crippen molar-refractivity contribution in [3.63, 3.8) is 0 Å². The summed E-state index contributed by atoms with van der Waals surface area (Å²) in [7, 11) is 0. The van der Waals surface area contributed by atoms with E-state index in [4.69, 9.17) is 9.72 Å². The quantitative estimate of drug-likeness (QED) is 0.309. The second-order valence-electron chi connectivity index (χ2n) is 9.32. The minimum atomic E-state index is -0.527. The number of pyridine rings is 1. The van der Waals surface area contributed by atoms with Gasteiger partial charge < -0.3 is 15.0 Å². The zero-order valence-corrected chi connectivity index (χ0v) is 21.7. The van der Waals surface area contributed by atoms with E-state index < -0.39 is 5.82 Å². The number of hydrogen-bond donors (Lipinski definition) is 1. The van der Waals surface area contributed by atoms with Crippen LogP contribution < -0.4 is 10.1 Å². The van der Waals surface area contributed by atoms with E-state index in [1.165, 1.54) is 24.8 Å². The maximum absolute atomic E-state index is 15.3. The van der Waals surface area contributed by atoms with Crippen molar-refractivity contribution >= 4 is 39.7 Å². The fraction of sp³-hybridized carbons (Fsp3) is 0.179. The van der Waals surface area contributed by atoms with Crippen molar-refractivity contribution in [2.24, 2.45) is 0 Å². The van der Waals surface area contributed by atoms with E-state index in [0.29, 0.717) is 58.4 Å². The zero-order valence-electron chi connectivity index (χ0n) is 21.7. The van der Waals surface area contributed by atoms with Crippen LogP contribution in [0.4, 0.5) is 15.9 Å². The highest BCUT2D eigenvalue weighted by Crippen LogP contribution is 2.32. The van der Waals surface area contributed by atoms with Crippen LogP contribution in [0.25, 0.3) is 22.3 Å². The first kappa shape index (κ1) is 25.0. The zero-order chi connectivity index (χ0) is 27.8. The molecule has 1 aromatic carbocycles. The van der Waals surface area contributed by atoms with Crippen LogP contribution in [0.2, 0.25) is 0 Å². The van der Waals surface area contributed by atoms with E-state index in [-0.39, 0.29) is 17.6 Å². The average molecular weight is 538 g/mol. The maximum Gasteiger partial charge on any atom is 0.246 e. The molecular formula is C28H24FN9O2. The molecule has 0 spiro atoms. The van der Waals surface area contributed by atoms with E-state index in [0.717, 1.165) is 5.57 Å². The standard InChI is InChI=1S/C28H24FN9O2/c1-4-25(39)37-7-5-18(10-17(37)3)27-30-13-22-26(36-27)28(33-14-31-22)35-21-9-16(2)23(12-20(21)29)40-19-6-8-38-24(11-19)32-15-34-38/h4,6,8-15,17H,1,5,7H2,2-3H3,(H,31,33,35)/t17-/m0/s1. The number of aromatic nitrogens is 7. The Kier molecular flexibility index (Phi) is 6.34. The number of nitrogens with one attached hydrogen (secondary N) is 1. The van der Waals surface area contributed by atoms with Crippen molar-refractivity contribution in [2.75, 3.05) is 11.9 Å². The Morgan fingerprint density at radius 3 is 2.90 bits per heavy atom. The Morgan fingerprint density at radius 2 is 2.08 bits per heavy atom. The molecule has 5 heterocycles. The van der Waals surface area contributed by atoms with Gasteiger partial charge in [-0.15, -0.1) is 0 Å². The van der Waals surface area contributed by atoms with Gasteiger partial charge in [-0.2, -0.15) is 5.10 Å². The molecule has 5 aromatic rings. The average Bonchev–Trinajstić information content (AvgIpc) is 3.43. The molecule has 200 valence electrons. The molecule has 4 aromatic heterocycles. The summed E-state index contributed by atoms with van der Waals surface area (Å²) >= 11 is 0. The summed E-state index contributed by atoms with van der Waals surface area (Å²) in [6, 6.07) is 6.28. The lowest BCUT2D eigenvalue weighted by Crippen LogP contribution is -2.39. The van der Waals surface area contributed by atoms with E-state index in [1.807, 2.05) is 19.9 Å². The third kappa shape index (κ3) is 4.70. The van der Waals surface area contributed by atoms with Gasteiger partial charge >= 0.3 is 0 Å². The molecule has 0 fully saturated rings. The van der Waals surface area contributed by atoms with Crippen LogP contribution in [0.1, 0.15) is 24.7 Å². The number of anilines is 2. The van der Waals surface area contributed by atoms with E-state index in [2.05, 4.69) is 36.9 Å². The molecule has 1 amide bonds. The SMILES string of the molecule is C=CC(=O)N1CCC(c2ncc3ncnc(Nc4cc(C)c(Oc5ccn6ncnc6c5)cc4F)c3n2)=C[C@@H]1C. The van der Waals surface area contributed by atoms with Gasteiger partial charge in [0.25, 0.3) is 0 Å². The predicted molar refractivity (Wildman–Crippen MR) is 147 cm³/mol. The molecule has 1 aliphatic rings. The number of halogens is 1. The van der Waals surface area contributed by atoms with E-state index in [9.17, 15) is 4.79 Å².